The average molecular weight is 378 g/mol. The number of benzene rings is 3. The van der Waals surface area contributed by atoms with Crippen LogP contribution in [0.5, 0.6) is 5.75 Å². The molecule has 1 heterocycles. The summed E-state index contributed by atoms with van der Waals surface area (Å²) in [5.41, 5.74) is 7.01. The zero-order valence-corrected chi connectivity index (χ0v) is 15.4. The first-order chi connectivity index (χ1) is 13.1. The molecule has 3 nitrogen and oxygen atoms in total. The second-order valence-corrected chi connectivity index (χ2v) is 7.85. The molecule has 3 aromatic rings. The van der Waals surface area contributed by atoms with Crippen LogP contribution in [0.15, 0.2) is 78.9 Å². The zero-order chi connectivity index (χ0) is 18.6. The molecular formula is C23H20ClNO2. The molecule has 4 heteroatoms. The third-order valence-corrected chi connectivity index (χ3v) is 6.38. The Labute approximate surface area is 163 Å². The lowest BCUT2D eigenvalue weighted by atomic mass is 9.71. The van der Waals surface area contributed by atoms with E-state index in [0.717, 1.165) is 16.7 Å². The maximum absolute atomic E-state index is 12.1. The molecule has 3 aromatic carbocycles. The van der Waals surface area contributed by atoms with Crippen molar-refractivity contribution in [3.05, 3.63) is 101 Å². The Morgan fingerprint density at radius 3 is 2.33 bits per heavy atom. The van der Waals surface area contributed by atoms with Crippen LogP contribution in [0, 0.1) is 0 Å². The van der Waals surface area contributed by atoms with Crippen LogP contribution in [0.4, 0.5) is 0 Å². The molecular weight excluding hydrogens is 358 g/mol. The lowest BCUT2D eigenvalue weighted by Gasteiger charge is -2.41. The summed E-state index contributed by atoms with van der Waals surface area (Å²) < 4.78 is 6.61. The van der Waals surface area contributed by atoms with E-state index in [0.29, 0.717) is 17.2 Å². The van der Waals surface area contributed by atoms with Gasteiger partial charge < -0.3 is 15.6 Å². The van der Waals surface area contributed by atoms with Gasteiger partial charge in [0.1, 0.15) is 5.75 Å². The van der Waals surface area contributed by atoms with E-state index in [1.807, 2.05) is 66.7 Å². The molecule has 1 saturated carbocycles. The van der Waals surface area contributed by atoms with Gasteiger partial charge in [0.2, 0.25) is 0 Å². The molecule has 4 atom stereocenters. The monoisotopic (exact) mass is 377 g/mol. The fourth-order valence-corrected chi connectivity index (χ4v) is 5.08. The van der Waals surface area contributed by atoms with Crippen molar-refractivity contribution in [1.29, 1.82) is 0 Å². The molecule has 0 radical (unpaired) electrons. The van der Waals surface area contributed by atoms with Crippen molar-refractivity contribution in [3.8, 4) is 5.75 Å². The highest BCUT2D eigenvalue weighted by atomic mass is 35.5. The summed E-state index contributed by atoms with van der Waals surface area (Å²) in [5, 5.41) is 12.7. The number of nitrogens with two attached hydrogens (primary N) is 1. The first-order valence-corrected chi connectivity index (χ1v) is 9.52. The summed E-state index contributed by atoms with van der Waals surface area (Å²) in [6, 6.07) is 24.9. The van der Waals surface area contributed by atoms with Gasteiger partial charge in [-0.15, -0.1) is 0 Å². The van der Waals surface area contributed by atoms with Gasteiger partial charge in [0.15, 0.2) is 11.2 Å². The molecule has 3 N–H and O–H groups in total. The van der Waals surface area contributed by atoms with Gasteiger partial charge >= 0.3 is 0 Å². The highest BCUT2D eigenvalue weighted by Gasteiger charge is 2.71. The van der Waals surface area contributed by atoms with E-state index in [4.69, 9.17) is 22.1 Å². The predicted molar refractivity (Wildman–Crippen MR) is 106 cm³/mol. The second kappa shape index (κ2) is 5.83. The maximum Gasteiger partial charge on any atom is 0.175 e. The summed E-state index contributed by atoms with van der Waals surface area (Å²) in [4.78, 5) is 0. The van der Waals surface area contributed by atoms with Crippen LogP contribution in [0.1, 0.15) is 29.0 Å². The molecule has 1 aliphatic heterocycles. The van der Waals surface area contributed by atoms with Crippen LogP contribution in [-0.4, -0.2) is 11.1 Å². The molecule has 27 heavy (non-hydrogen) atoms. The van der Waals surface area contributed by atoms with Crippen LogP contribution in [0.25, 0.3) is 0 Å². The number of ether oxygens (including phenoxy) is 1. The molecule has 0 bridgehead atoms. The van der Waals surface area contributed by atoms with E-state index in [9.17, 15) is 5.11 Å². The van der Waals surface area contributed by atoms with Crippen LogP contribution in [0.2, 0.25) is 5.02 Å². The lowest BCUT2D eigenvalue weighted by molar-refractivity contribution is -0.112. The maximum atomic E-state index is 12.1. The molecule has 136 valence electrons. The molecule has 1 aliphatic carbocycles. The van der Waals surface area contributed by atoms with Gasteiger partial charge in [-0.3, -0.25) is 0 Å². The van der Waals surface area contributed by atoms with Crippen molar-refractivity contribution in [2.24, 2.45) is 5.73 Å². The third-order valence-electron chi connectivity index (χ3n) is 6.13. The first kappa shape index (κ1) is 16.8. The van der Waals surface area contributed by atoms with E-state index in [1.54, 1.807) is 0 Å². The Morgan fingerprint density at radius 2 is 1.59 bits per heavy atom. The van der Waals surface area contributed by atoms with E-state index in [2.05, 4.69) is 12.1 Å². The zero-order valence-electron chi connectivity index (χ0n) is 14.7. The number of hydrogen-bond donors (Lipinski definition) is 2. The van der Waals surface area contributed by atoms with Crippen molar-refractivity contribution in [1.82, 2.24) is 0 Å². The van der Waals surface area contributed by atoms with Crippen molar-refractivity contribution in [2.45, 2.75) is 29.6 Å². The summed E-state index contributed by atoms with van der Waals surface area (Å²) in [7, 11) is 0. The molecule has 0 aromatic heterocycles. The number of para-hydroxylation sites is 1. The van der Waals surface area contributed by atoms with Crippen LogP contribution in [-0.2, 0) is 11.2 Å². The molecule has 1 fully saturated rings. The second-order valence-electron chi connectivity index (χ2n) is 7.41. The van der Waals surface area contributed by atoms with Gasteiger partial charge in [-0.1, -0.05) is 72.3 Å². The number of aliphatic hydroxyl groups is 1. The van der Waals surface area contributed by atoms with Gasteiger partial charge in [-0.25, -0.2) is 0 Å². The van der Waals surface area contributed by atoms with E-state index >= 15 is 0 Å². The molecule has 0 spiro atoms. The number of rotatable bonds is 2. The highest BCUT2D eigenvalue weighted by molar-refractivity contribution is 6.30. The number of hydrogen-bond acceptors (Lipinski definition) is 3. The van der Waals surface area contributed by atoms with Crippen molar-refractivity contribution in [2.75, 3.05) is 0 Å². The predicted octanol–water partition coefficient (Wildman–Crippen LogP) is 4.33. The smallest absolute Gasteiger partial charge is 0.175 e. The average Bonchev–Trinajstić information content (AvgIpc) is 3.10. The standard InChI is InChI=1S/C23H20ClNO2/c24-17-12-10-16(11-13-17)23-19(15-6-2-1-3-7-15)14-21(25)22(23,26)18-8-4-5-9-20(18)27-23/h1-13,19,21,26H,14,25H2/t19-,21+,22-,23-/m0/s1. The van der Waals surface area contributed by atoms with Gasteiger partial charge in [-0.2, -0.15) is 0 Å². The summed E-state index contributed by atoms with van der Waals surface area (Å²) >= 11 is 6.14. The summed E-state index contributed by atoms with van der Waals surface area (Å²) in [6.07, 6.45) is 0.622. The van der Waals surface area contributed by atoms with E-state index in [-0.39, 0.29) is 5.92 Å². The SMILES string of the molecule is N[C@@H]1C[C@@H](c2ccccc2)[C@]2(c3ccc(Cl)cc3)Oc3ccccc3[C@]12O. The van der Waals surface area contributed by atoms with Gasteiger partial charge in [-0.05, 0) is 35.7 Å². The minimum Gasteiger partial charge on any atom is -0.478 e. The van der Waals surface area contributed by atoms with Crippen molar-refractivity contribution >= 4 is 11.6 Å². The van der Waals surface area contributed by atoms with Crippen molar-refractivity contribution < 1.29 is 9.84 Å². The highest BCUT2D eigenvalue weighted by Crippen LogP contribution is 2.65. The fraction of sp³-hybridized carbons (Fsp3) is 0.217. The van der Waals surface area contributed by atoms with Gasteiger partial charge in [0.05, 0.1) is 0 Å². The third kappa shape index (κ3) is 2.10. The lowest BCUT2D eigenvalue weighted by Crippen LogP contribution is -2.54. The summed E-state index contributed by atoms with van der Waals surface area (Å²) in [6.45, 7) is 0. The van der Waals surface area contributed by atoms with Crippen LogP contribution < -0.4 is 10.5 Å². The van der Waals surface area contributed by atoms with Crippen LogP contribution in [0.3, 0.4) is 0 Å². The Kier molecular flexibility index (Phi) is 3.63. The van der Waals surface area contributed by atoms with E-state index in [1.165, 1.54) is 0 Å². The molecule has 0 saturated heterocycles. The number of fused-ring (bicyclic) bond motifs is 3. The van der Waals surface area contributed by atoms with E-state index < -0.39 is 17.2 Å². The minimum atomic E-state index is -1.32. The quantitative estimate of drug-likeness (QED) is 0.698. The number of halogens is 1. The Balaban J connectivity index is 1.80. The Morgan fingerprint density at radius 1 is 0.926 bits per heavy atom. The molecule has 2 aliphatic rings. The Hall–Kier alpha value is -2.33. The normalized spacial score (nSPS) is 31.2. The molecule has 0 unspecified atom stereocenters. The first-order valence-electron chi connectivity index (χ1n) is 9.15. The molecule has 0 amide bonds. The Bertz CT molecular complexity index is 991. The fourth-order valence-electron chi connectivity index (χ4n) is 4.96. The van der Waals surface area contributed by atoms with Gasteiger partial charge in [0.25, 0.3) is 0 Å². The largest absolute Gasteiger partial charge is 0.478 e. The van der Waals surface area contributed by atoms with Gasteiger partial charge in [0, 0.05) is 22.5 Å². The van der Waals surface area contributed by atoms with Crippen LogP contribution >= 0.6 is 11.6 Å². The molecule has 5 rings (SSSR count). The van der Waals surface area contributed by atoms with Crippen molar-refractivity contribution in [3.63, 3.8) is 0 Å². The minimum absolute atomic E-state index is 0.0905. The summed E-state index contributed by atoms with van der Waals surface area (Å²) in [5.74, 6) is 0.596. The topological polar surface area (TPSA) is 55.5 Å².